The van der Waals surface area contributed by atoms with Gasteiger partial charge in [-0.25, -0.2) is 4.79 Å². The maximum Gasteiger partial charge on any atom is 0.337 e. The van der Waals surface area contributed by atoms with Gasteiger partial charge in [0.25, 0.3) is 0 Å². The summed E-state index contributed by atoms with van der Waals surface area (Å²) in [5.74, 6) is -1.71. The monoisotopic (exact) mass is 324 g/mol. The van der Waals surface area contributed by atoms with Gasteiger partial charge in [-0.2, -0.15) is 0 Å². The molecule has 0 saturated heterocycles. The number of carbonyl (C=O) groups excluding carboxylic acids is 1. The van der Waals surface area contributed by atoms with Crippen molar-refractivity contribution in [3.05, 3.63) is 57.6 Å². The Morgan fingerprint density at radius 2 is 1.76 bits per heavy atom. The molecule has 21 heavy (non-hydrogen) atoms. The number of halogens is 2. The molecule has 0 spiro atoms. The minimum atomic E-state index is -1.13. The number of anilines is 2. The number of rotatable bonds is 4. The molecule has 0 fully saturated rings. The number of benzene rings is 2. The highest BCUT2D eigenvalue weighted by Gasteiger charge is 2.11. The zero-order valence-corrected chi connectivity index (χ0v) is 12.1. The van der Waals surface area contributed by atoms with Gasteiger partial charge < -0.3 is 16.2 Å². The van der Waals surface area contributed by atoms with Crippen molar-refractivity contribution in [2.45, 2.75) is 0 Å². The van der Waals surface area contributed by atoms with Gasteiger partial charge in [0, 0.05) is 11.3 Å². The first kappa shape index (κ1) is 15.2. The third kappa shape index (κ3) is 3.45. The van der Waals surface area contributed by atoms with Crippen molar-refractivity contribution in [2.75, 3.05) is 5.32 Å². The van der Waals surface area contributed by atoms with E-state index in [0.717, 1.165) is 0 Å². The van der Waals surface area contributed by atoms with Crippen molar-refractivity contribution < 1.29 is 14.7 Å². The number of nitrogens with one attached hydrogen (secondary N) is 1. The standard InChI is InChI=1S/C14H10Cl2N2O3/c15-10-3-2-8(6-9(10)14(20)21)18-12-4-1-7(13(17)19)5-11(12)16/h1-6,18H,(H2,17,19)(H,20,21). The van der Waals surface area contributed by atoms with Crippen molar-refractivity contribution >= 4 is 46.5 Å². The van der Waals surface area contributed by atoms with E-state index in [1.165, 1.54) is 24.3 Å². The summed E-state index contributed by atoms with van der Waals surface area (Å²) in [5.41, 5.74) is 6.44. The highest BCUT2D eigenvalue weighted by atomic mass is 35.5. The lowest BCUT2D eigenvalue weighted by molar-refractivity contribution is 0.0697. The fourth-order valence-electron chi connectivity index (χ4n) is 1.69. The summed E-state index contributed by atoms with van der Waals surface area (Å²) in [6, 6.07) is 9.01. The highest BCUT2D eigenvalue weighted by molar-refractivity contribution is 6.34. The average Bonchev–Trinajstić information content (AvgIpc) is 2.42. The van der Waals surface area contributed by atoms with Crippen LogP contribution in [-0.2, 0) is 0 Å². The van der Waals surface area contributed by atoms with Crippen LogP contribution in [0.2, 0.25) is 10.0 Å². The molecule has 0 unspecified atom stereocenters. The topological polar surface area (TPSA) is 92.4 Å². The van der Waals surface area contributed by atoms with Gasteiger partial charge in [0.05, 0.1) is 21.3 Å². The largest absolute Gasteiger partial charge is 0.478 e. The zero-order valence-electron chi connectivity index (χ0n) is 10.6. The van der Waals surface area contributed by atoms with Gasteiger partial charge in [0.2, 0.25) is 5.91 Å². The smallest absolute Gasteiger partial charge is 0.337 e. The average molecular weight is 325 g/mol. The Kier molecular flexibility index (Phi) is 4.35. The number of aromatic carboxylic acids is 1. The number of amides is 1. The summed E-state index contributed by atoms with van der Waals surface area (Å²) < 4.78 is 0. The molecule has 0 bridgehead atoms. The summed E-state index contributed by atoms with van der Waals surface area (Å²) in [7, 11) is 0. The van der Waals surface area contributed by atoms with Crippen molar-refractivity contribution in [2.24, 2.45) is 5.73 Å². The van der Waals surface area contributed by atoms with Crippen LogP contribution in [0.5, 0.6) is 0 Å². The molecule has 2 rings (SSSR count). The van der Waals surface area contributed by atoms with E-state index in [0.29, 0.717) is 11.4 Å². The van der Waals surface area contributed by atoms with Crippen molar-refractivity contribution in [1.82, 2.24) is 0 Å². The van der Waals surface area contributed by atoms with E-state index < -0.39 is 11.9 Å². The van der Waals surface area contributed by atoms with Crippen LogP contribution >= 0.6 is 23.2 Å². The second kappa shape index (κ2) is 6.03. The van der Waals surface area contributed by atoms with E-state index in [9.17, 15) is 9.59 Å². The van der Waals surface area contributed by atoms with Gasteiger partial charge in [-0.05, 0) is 36.4 Å². The molecule has 5 nitrogen and oxygen atoms in total. The summed E-state index contributed by atoms with van der Waals surface area (Å²) in [6.07, 6.45) is 0. The first-order chi connectivity index (χ1) is 9.88. The molecule has 0 aromatic heterocycles. The van der Waals surface area contributed by atoms with Crippen LogP contribution in [0.25, 0.3) is 0 Å². The fourth-order valence-corrected chi connectivity index (χ4v) is 2.12. The van der Waals surface area contributed by atoms with E-state index in [2.05, 4.69) is 5.32 Å². The van der Waals surface area contributed by atoms with Crippen LogP contribution < -0.4 is 11.1 Å². The van der Waals surface area contributed by atoms with Gasteiger partial charge in [-0.1, -0.05) is 23.2 Å². The number of carboxylic acids is 1. The summed E-state index contributed by atoms with van der Waals surface area (Å²) >= 11 is 11.8. The van der Waals surface area contributed by atoms with E-state index in [-0.39, 0.29) is 21.2 Å². The quantitative estimate of drug-likeness (QED) is 0.802. The number of carboxylic acid groups (broad SMARTS) is 1. The van der Waals surface area contributed by atoms with Crippen molar-refractivity contribution in [1.29, 1.82) is 0 Å². The summed E-state index contributed by atoms with van der Waals surface area (Å²) in [6.45, 7) is 0. The lowest BCUT2D eigenvalue weighted by Crippen LogP contribution is -2.10. The Labute approximate surface area is 130 Å². The molecule has 0 atom stereocenters. The molecule has 1 amide bonds. The molecule has 0 aliphatic heterocycles. The van der Waals surface area contributed by atoms with Crippen molar-refractivity contribution in [3.8, 4) is 0 Å². The first-order valence-electron chi connectivity index (χ1n) is 5.77. The number of hydrogen-bond donors (Lipinski definition) is 3. The number of carbonyl (C=O) groups is 2. The molecular weight excluding hydrogens is 315 g/mol. The fraction of sp³-hybridized carbons (Fsp3) is 0. The van der Waals surface area contributed by atoms with Gasteiger partial charge in [-0.3, -0.25) is 4.79 Å². The first-order valence-corrected chi connectivity index (χ1v) is 6.53. The second-order valence-corrected chi connectivity index (χ2v) is 5.00. The lowest BCUT2D eigenvalue weighted by Gasteiger charge is -2.10. The van der Waals surface area contributed by atoms with Crippen LogP contribution in [0.1, 0.15) is 20.7 Å². The molecular formula is C14H10Cl2N2O3. The maximum absolute atomic E-state index is 11.0. The van der Waals surface area contributed by atoms with E-state index in [1.54, 1.807) is 12.1 Å². The van der Waals surface area contributed by atoms with Gasteiger partial charge >= 0.3 is 5.97 Å². The van der Waals surface area contributed by atoms with Gasteiger partial charge in [-0.15, -0.1) is 0 Å². The second-order valence-electron chi connectivity index (χ2n) is 4.18. The lowest BCUT2D eigenvalue weighted by atomic mass is 10.1. The number of primary amides is 1. The van der Waals surface area contributed by atoms with Crippen LogP contribution in [-0.4, -0.2) is 17.0 Å². The van der Waals surface area contributed by atoms with Gasteiger partial charge in [0.1, 0.15) is 0 Å². The van der Waals surface area contributed by atoms with Gasteiger partial charge in [0.15, 0.2) is 0 Å². The molecule has 0 heterocycles. The molecule has 2 aromatic rings. The van der Waals surface area contributed by atoms with Crippen LogP contribution in [0.3, 0.4) is 0 Å². The van der Waals surface area contributed by atoms with Crippen LogP contribution in [0, 0.1) is 0 Å². The normalized spacial score (nSPS) is 10.2. The molecule has 4 N–H and O–H groups in total. The Morgan fingerprint density at radius 1 is 1.05 bits per heavy atom. The predicted octanol–water partition coefficient (Wildman–Crippen LogP) is 3.53. The number of nitrogens with two attached hydrogens (primary N) is 1. The predicted molar refractivity (Wildman–Crippen MR) is 81.7 cm³/mol. The van der Waals surface area contributed by atoms with E-state index in [4.69, 9.17) is 34.0 Å². The Balaban J connectivity index is 2.32. The Morgan fingerprint density at radius 3 is 2.33 bits per heavy atom. The third-order valence-corrected chi connectivity index (χ3v) is 3.37. The molecule has 108 valence electrons. The molecule has 0 saturated carbocycles. The van der Waals surface area contributed by atoms with Crippen LogP contribution in [0.4, 0.5) is 11.4 Å². The summed E-state index contributed by atoms with van der Waals surface area (Å²) in [5, 5.41) is 12.4. The third-order valence-electron chi connectivity index (χ3n) is 2.73. The molecule has 2 aromatic carbocycles. The Bertz CT molecular complexity index is 732. The SMILES string of the molecule is NC(=O)c1ccc(Nc2ccc(Cl)c(C(=O)O)c2)c(Cl)c1. The molecule has 7 heteroatoms. The highest BCUT2D eigenvalue weighted by Crippen LogP contribution is 2.28. The van der Waals surface area contributed by atoms with Crippen LogP contribution in [0.15, 0.2) is 36.4 Å². The molecule has 0 aliphatic rings. The minimum Gasteiger partial charge on any atom is -0.478 e. The van der Waals surface area contributed by atoms with E-state index in [1.807, 2.05) is 0 Å². The number of hydrogen-bond acceptors (Lipinski definition) is 3. The minimum absolute atomic E-state index is 0.0217. The van der Waals surface area contributed by atoms with Crippen molar-refractivity contribution in [3.63, 3.8) is 0 Å². The molecule has 0 radical (unpaired) electrons. The summed E-state index contributed by atoms with van der Waals surface area (Å²) in [4.78, 5) is 22.1. The molecule has 0 aliphatic carbocycles. The maximum atomic E-state index is 11.0. The van der Waals surface area contributed by atoms with E-state index >= 15 is 0 Å². The zero-order chi connectivity index (χ0) is 15.6. The Hall–Kier alpha value is -2.24.